The Morgan fingerprint density at radius 2 is 1.81 bits per heavy atom. The molecular formula is C15H12FNO4. The van der Waals surface area contributed by atoms with Crippen molar-refractivity contribution in [3.05, 3.63) is 41.3 Å². The van der Waals surface area contributed by atoms with Gasteiger partial charge in [-0.25, -0.2) is 14.0 Å². The molecule has 1 aliphatic rings. The minimum Gasteiger partial charge on any atom is -0.419 e. The summed E-state index contributed by atoms with van der Waals surface area (Å²) < 4.78 is 23.6. The summed E-state index contributed by atoms with van der Waals surface area (Å²) in [5.41, 5.74) is 0.768. The lowest BCUT2D eigenvalue weighted by Gasteiger charge is -2.29. The van der Waals surface area contributed by atoms with E-state index in [-0.39, 0.29) is 11.4 Å². The van der Waals surface area contributed by atoms with Gasteiger partial charge in [-0.3, -0.25) is 0 Å². The quantitative estimate of drug-likeness (QED) is 0.497. The third kappa shape index (κ3) is 2.29. The first-order valence-corrected chi connectivity index (χ1v) is 6.31. The van der Waals surface area contributed by atoms with Gasteiger partial charge in [0.05, 0.1) is 5.52 Å². The molecule has 0 amide bonds. The van der Waals surface area contributed by atoms with E-state index in [1.807, 2.05) is 0 Å². The van der Waals surface area contributed by atoms with Crippen molar-refractivity contribution in [2.75, 3.05) is 0 Å². The van der Waals surface area contributed by atoms with E-state index in [2.05, 4.69) is 4.98 Å². The maximum atomic E-state index is 13.6. The topological polar surface area (TPSA) is 68.4 Å². The number of H-pyrrole nitrogens is 1. The van der Waals surface area contributed by atoms with E-state index in [4.69, 9.17) is 9.47 Å². The molecule has 5 nitrogen and oxygen atoms in total. The zero-order valence-electron chi connectivity index (χ0n) is 11.4. The Balaban J connectivity index is 2.08. The third-order valence-electron chi connectivity index (χ3n) is 3.12. The lowest BCUT2D eigenvalue weighted by atomic mass is 10.1. The van der Waals surface area contributed by atoms with Crippen LogP contribution in [0.25, 0.3) is 17.0 Å². The van der Waals surface area contributed by atoms with E-state index in [0.29, 0.717) is 16.5 Å². The summed E-state index contributed by atoms with van der Waals surface area (Å²) >= 11 is 0. The second-order valence-corrected chi connectivity index (χ2v) is 5.14. The number of hydrogen-bond acceptors (Lipinski definition) is 4. The maximum absolute atomic E-state index is 13.6. The summed E-state index contributed by atoms with van der Waals surface area (Å²) in [6.07, 6.45) is 2.91. The highest BCUT2D eigenvalue weighted by Gasteiger charge is 2.38. The number of carbonyl (C=O) groups is 2. The lowest BCUT2D eigenvalue weighted by molar-refractivity contribution is -0.222. The molecule has 0 unspecified atom stereocenters. The number of esters is 2. The highest BCUT2D eigenvalue weighted by atomic mass is 19.1. The van der Waals surface area contributed by atoms with Crippen LogP contribution in [0.3, 0.4) is 0 Å². The molecule has 1 saturated heterocycles. The molecule has 0 atom stereocenters. The Morgan fingerprint density at radius 3 is 2.48 bits per heavy atom. The Labute approximate surface area is 119 Å². The molecule has 1 N–H and O–H groups in total. The van der Waals surface area contributed by atoms with Crippen molar-refractivity contribution in [2.45, 2.75) is 19.6 Å². The first kappa shape index (κ1) is 13.4. The van der Waals surface area contributed by atoms with Crippen LogP contribution in [0.5, 0.6) is 0 Å². The van der Waals surface area contributed by atoms with E-state index in [1.54, 1.807) is 12.3 Å². The van der Waals surface area contributed by atoms with E-state index in [9.17, 15) is 14.0 Å². The standard InChI is InChI=1S/C15H12FNO4/c1-15(2)20-13(18)10(14(19)21-15)7-8-3-4-11(16)9-5-6-17-12(8)9/h3-7,17H,1-2H3. The normalized spacial score (nSPS) is 17.6. The third-order valence-corrected chi connectivity index (χ3v) is 3.12. The van der Waals surface area contributed by atoms with Crippen LogP contribution in [0.2, 0.25) is 0 Å². The number of halogens is 1. The molecule has 21 heavy (non-hydrogen) atoms. The number of nitrogens with one attached hydrogen (secondary N) is 1. The SMILES string of the molecule is CC1(C)OC(=O)C(=Cc2ccc(F)c3cc[nH]c23)C(=O)O1. The average molecular weight is 289 g/mol. The second-order valence-electron chi connectivity index (χ2n) is 5.14. The molecule has 2 heterocycles. The van der Waals surface area contributed by atoms with Gasteiger partial charge in [-0.1, -0.05) is 0 Å². The fraction of sp³-hybridized carbons (Fsp3) is 0.200. The highest BCUT2D eigenvalue weighted by molar-refractivity contribution is 6.19. The zero-order chi connectivity index (χ0) is 15.2. The van der Waals surface area contributed by atoms with Gasteiger partial charge in [0.2, 0.25) is 0 Å². The van der Waals surface area contributed by atoms with Crippen LogP contribution in [0.1, 0.15) is 19.4 Å². The Morgan fingerprint density at radius 1 is 1.14 bits per heavy atom. The second kappa shape index (κ2) is 4.44. The largest absolute Gasteiger partial charge is 0.419 e. The molecule has 1 aromatic heterocycles. The van der Waals surface area contributed by atoms with Crippen LogP contribution in [0, 0.1) is 5.82 Å². The maximum Gasteiger partial charge on any atom is 0.348 e. The van der Waals surface area contributed by atoms with E-state index in [1.165, 1.54) is 32.1 Å². The van der Waals surface area contributed by atoms with Crippen molar-refractivity contribution in [1.29, 1.82) is 0 Å². The minimum absolute atomic E-state index is 0.225. The molecule has 0 bridgehead atoms. The molecule has 0 radical (unpaired) electrons. The molecule has 1 aromatic carbocycles. The number of aromatic nitrogens is 1. The van der Waals surface area contributed by atoms with Crippen LogP contribution < -0.4 is 0 Å². The van der Waals surface area contributed by atoms with Crippen LogP contribution in [0.4, 0.5) is 4.39 Å². The van der Waals surface area contributed by atoms with Gasteiger partial charge in [0.25, 0.3) is 5.79 Å². The van der Waals surface area contributed by atoms with Gasteiger partial charge in [-0.2, -0.15) is 0 Å². The van der Waals surface area contributed by atoms with Gasteiger partial charge >= 0.3 is 11.9 Å². The number of carbonyl (C=O) groups excluding carboxylic acids is 2. The number of hydrogen-bond donors (Lipinski definition) is 1. The number of cyclic esters (lactones) is 2. The summed E-state index contributed by atoms with van der Waals surface area (Å²) in [6, 6.07) is 4.32. The highest BCUT2D eigenvalue weighted by Crippen LogP contribution is 2.27. The number of rotatable bonds is 1. The molecule has 0 aliphatic carbocycles. The van der Waals surface area contributed by atoms with Crippen molar-refractivity contribution in [3.63, 3.8) is 0 Å². The smallest absolute Gasteiger partial charge is 0.348 e. The monoisotopic (exact) mass is 289 g/mol. The van der Waals surface area contributed by atoms with Crippen LogP contribution in [-0.2, 0) is 19.1 Å². The van der Waals surface area contributed by atoms with Crippen LogP contribution >= 0.6 is 0 Å². The lowest BCUT2D eigenvalue weighted by Crippen LogP contribution is -2.41. The van der Waals surface area contributed by atoms with Crippen molar-refractivity contribution < 1.29 is 23.5 Å². The van der Waals surface area contributed by atoms with Crippen molar-refractivity contribution in [3.8, 4) is 0 Å². The van der Waals surface area contributed by atoms with Gasteiger partial charge in [-0.15, -0.1) is 0 Å². The number of aromatic amines is 1. The molecule has 1 aliphatic heterocycles. The molecule has 1 fully saturated rings. The number of ether oxygens (including phenoxy) is 2. The summed E-state index contributed by atoms with van der Waals surface area (Å²) in [5, 5.41) is 0.377. The van der Waals surface area contributed by atoms with E-state index >= 15 is 0 Å². The van der Waals surface area contributed by atoms with E-state index < -0.39 is 17.7 Å². The van der Waals surface area contributed by atoms with Gasteiger partial charge in [0.15, 0.2) is 0 Å². The molecule has 108 valence electrons. The number of fused-ring (bicyclic) bond motifs is 1. The Bertz CT molecular complexity index is 766. The van der Waals surface area contributed by atoms with Crippen molar-refractivity contribution in [1.82, 2.24) is 4.98 Å². The Hall–Kier alpha value is -2.63. The fourth-order valence-corrected chi connectivity index (χ4v) is 2.20. The predicted octanol–water partition coefficient (Wildman–Crippen LogP) is 2.53. The number of benzene rings is 1. The Kier molecular flexibility index (Phi) is 2.83. The predicted molar refractivity (Wildman–Crippen MR) is 72.5 cm³/mol. The summed E-state index contributed by atoms with van der Waals surface area (Å²) in [6.45, 7) is 2.95. The first-order chi connectivity index (χ1) is 9.87. The summed E-state index contributed by atoms with van der Waals surface area (Å²) in [7, 11) is 0. The van der Waals surface area contributed by atoms with Crippen molar-refractivity contribution in [2.24, 2.45) is 0 Å². The van der Waals surface area contributed by atoms with Gasteiger partial charge in [0, 0.05) is 25.4 Å². The van der Waals surface area contributed by atoms with Gasteiger partial charge in [-0.05, 0) is 29.8 Å². The average Bonchev–Trinajstić information content (AvgIpc) is 2.85. The van der Waals surface area contributed by atoms with Crippen LogP contribution in [0.15, 0.2) is 30.0 Å². The van der Waals surface area contributed by atoms with Gasteiger partial charge in [0.1, 0.15) is 11.4 Å². The molecule has 3 rings (SSSR count). The molecule has 2 aromatic rings. The summed E-state index contributed by atoms with van der Waals surface area (Å²) in [4.78, 5) is 26.7. The first-order valence-electron chi connectivity index (χ1n) is 6.31. The molecule has 0 saturated carbocycles. The van der Waals surface area contributed by atoms with Gasteiger partial charge < -0.3 is 14.5 Å². The molecule has 6 heteroatoms. The zero-order valence-corrected chi connectivity index (χ0v) is 11.4. The van der Waals surface area contributed by atoms with E-state index in [0.717, 1.165) is 0 Å². The van der Waals surface area contributed by atoms with Crippen molar-refractivity contribution >= 4 is 28.9 Å². The minimum atomic E-state index is -1.28. The summed E-state index contributed by atoms with van der Waals surface area (Å²) in [5.74, 6) is -3.19. The fourth-order valence-electron chi connectivity index (χ4n) is 2.20. The molecule has 0 spiro atoms. The van der Waals surface area contributed by atoms with Crippen LogP contribution in [-0.4, -0.2) is 22.7 Å². The molecular weight excluding hydrogens is 277 g/mol.